The minimum atomic E-state index is -1.03. The number of carbonyl (C=O) groups is 1. The average Bonchev–Trinajstić information content (AvgIpc) is 1.96. The molecule has 0 saturated heterocycles. The third-order valence-electron chi connectivity index (χ3n) is 1.32. The Labute approximate surface area is 85.8 Å². The monoisotopic (exact) mass is 300 g/mol. The third kappa shape index (κ3) is 1.78. The molecule has 0 aliphatic rings. The second-order valence-electron chi connectivity index (χ2n) is 2.15. The zero-order chi connectivity index (χ0) is 9.30. The van der Waals surface area contributed by atoms with Crippen LogP contribution in [0.5, 0.6) is 0 Å². The van der Waals surface area contributed by atoms with E-state index in [9.17, 15) is 4.79 Å². The van der Waals surface area contributed by atoms with Gasteiger partial charge in [-0.15, -0.1) is 0 Å². The quantitative estimate of drug-likeness (QED) is 0.619. The maximum absolute atomic E-state index is 10.6. The van der Waals surface area contributed by atoms with Crippen molar-refractivity contribution in [1.82, 2.24) is 0 Å². The molecule has 1 aromatic rings. The number of aromatic carboxylic acids is 1. The molecule has 1 rings (SSSR count). The van der Waals surface area contributed by atoms with Crippen LogP contribution in [0.2, 0.25) is 0 Å². The summed E-state index contributed by atoms with van der Waals surface area (Å²) < 4.78 is 1.26. The van der Waals surface area contributed by atoms with Crippen molar-refractivity contribution in [2.75, 3.05) is 5.73 Å². The highest BCUT2D eigenvalue weighted by Crippen LogP contribution is 2.27. The Bertz CT molecular complexity index is 338. The number of hydrogen-bond donors (Lipinski definition) is 2. The summed E-state index contributed by atoms with van der Waals surface area (Å²) in [4.78, 5) is 10.6. The molecule has 0 aromatic heterocycles. The van der Waals surface area contributed by atoms with Crippen molar-refractivity contribution in [3.05, 3.63) is 26.6 Å². The molecule has 0 radical (unpaired) electrons. The lowest BCUT2D eigenvalue weighted by molar-refractivity contribution is 0.0698. The Morgan fingerprint density at radius 1 is 1.42 bits per heavy atom. The lowest BCUT2D eigenvalue weighted by Gasteiger charge is -2.03. The first-order valence-corrected chi connectivity index (χ1v) is 4.59. The van der Waals surface area contributed by atoms with Gasteiger partial charge in [0, 0.05) is 8.95 Å². The average molecular weight is 302 g/mol. The summed E-state index contributed by atoms with van der Waals surface area (Å²) in [6.07, 6.45) is 0. The Balaban J connectivity index is 3.37. The normalized spacial score (nSPS) is 9.83. The van der Waals surface area contributed by atoms with Crippen molar-refractivity contribution < 1.29 is 9.90 Å². The van der Waals surface area contributed by atoms with E-state index in [1.165, 1.54) is 6.07 Å². The third-order valence-corrected chi connectivity index (χ3v) is 2.44. The number of anilines is 1. The number of hydrogen-bond acceptors (Lipinski definition) is 2. The van der Waals surface area contributed by atoms with Crippen LogP contribution in [0.1, 0.15) is 10.4 Å². The summed E-state index contributed by atoms with van der Waals surface area (Å²) in [7, 11) is 0. The number of carboxylic acid groups (broad SMARTS) is 1. The SMILES string of the molecule is N[13c]1[13c](Br)[13cH][13c](Br)[13cH][13c]1[13C](=O)O. The van der Waals surface area contributed by atoms with Crippen molar-refractivity contribution in [3.8, 4) is 0 Å². The molecule has 12 heavy (non-hydrogen) atoms. The summed E-state index contributed by atoms with van der Waals surface area (Å²) in [6.45, 7) is 0. The number of halogens is 2. The van der Waals surface area contributed by atoms with Crippen molar-refractivity contribution in [3.63, 3.8) is 0 Å². The van der Waals surface area contributed by atoms with E-state index in [2.05, 4.69) is 31.9 Å². The molecule has 0 amide bonds. The summed E-state index contributed by atoms with van der Waals surface area (Å²) in [5, 5.41) is 8.69. The molecule has 64 valence electrons. The molecule has 0 atom stereocenters. The summed E-state index contributed by atoms with van der Waals surface area (Å²) in [6, 6.07) is 3.16. The lowest BCUT2D eigenvalue weighted by atomic mass is 11.1. The summed E-state index contributed by atoms with van der Waals surface area (Å²) in [5.74, 6) is -1.03. The van der Waals surface area contributed by atoms with Crippen LogP contribution >= 0.6 is 31.9 Å². The number of benzene rings is 1. The molecule has 0 bridgehead atoms. The van der Waals surface area contributed by atoms with Gasteiger partial charge in [0.2, 0.25) is 0 Å². The first-order chi connectivity index (χ1) is 5.52. The van der Waals surface area contributed by atoms with Crippen LogP contribution in [0.15, 0.2) is 21.1 Å². The first kappa shape index (κ1) is 9.54. The number of rotatable bonds is 1. The van der Waals surface area contributed by atoms with Crippen molar-refractivity contribution in [1.29, 1.82) is 0 Å². The fourth-order valence-electron chi connectivity index (χ4n) is 0.762. The van der Waals surface area contributed by atoms with Crippen LogP contribution in [-0.2, 0) is 0 Å². The van der Waals surface area contributed by atoms with Gasteiger partial charge < -0.3 is 10.8 Å². The van der Waals surface area contributed by atoms with Gasteiger partial charge in [0.05, 0.1) is 11.3 Å². The molecule has 5 heteroatoms. The van der Waals surface area contributed by atoms with E-state index in [1.807, 2.05) is 0 Å². The number of nitrogen functional groups attached to an aromatic ring is 1. The highest BCUT2D eigenvalue weighted by Gasteiger charge is 2.11. The molecule has 0 fully saturated rings. The van der Waals surface area contributed by atoms with E-state index in [-0.39, 0.29) is 11.3 Å². The van der Waals surface area contributed by atoms with E-state index in [0.29, 0.717) is 8.95 Å². The zero-order valence-corrected chi connectivity index (χ0v) is 9.02. The van der Waals surface area contributed by atoms with Crippen LogP contribution in [0.25, 0.3) is 0 Å². The highest BCUT2D eigenvalue weighted by molar-refractivity contribution is 9.11. The fourth-order valence-corrected chi connectivity index (χ4v) is 1.99. The molecule has 0 unspecified atom stereocenters. The van der Waals surface area contributed by atoms with Crippen molar-refractivity contribution in [2.45, 2.75) is 0 Å². The molecule has 0 saturated carbocycles. The predicted molar refractivity (Wildman–Crippen MR) is 53.2 cm³/mol. The molecule has 0 heterocycles. The van der Waals surface area contributed by atoms with Crippen molar-refractivity contribution in [2.24, 2.45) is 0 Å². The Kier molecular flexibility index (Phi) is 2.74. The van der Waals surface area contributed by atoms with E-state index >= 15 is 0 Å². The largest absolute Gasteiger partial charge is 0.478 e. The minimum absolute atomic E-state index is 0.0938. The van der Waals surface area contributed by atoms with Gasteiger partial charge in [0.25, 0.3) is 0 Å². The van der Waals surface area contributed by atoms with Crippen LogP contribution in [-0.4, -0.2) is 11.1 Å². The Hall–Kier alpha value is -0.550. The highest BCUT2D eigenvalue weighted by atomic mass is 79.9. The molecule has 0 spiro atoms. The van der Waals surface area contributed by atoms with E-state index in [0.717, 1.165) is 0 Å². The number of carboxylic acids is 1. The maximum atomic E-state index is 10.6. The standard InChI is InChI=1S/C7H5Br2NO2/c8-3-1-4(7(11)12)6(10)5(9)2-3/h1-2H,10H2,(H,11,12)/i1+1,2+1,3+1,4+1,5+1,6+1,7+1. The Morgan fingerprint density at radius 2 is 2.00 bits per heavy atom. The maximum Gasteiger partial charge on any atom is 0.337 e. The van der Waals surface area contributed by atoms with Gasteiger partial charge in [-0.3, -0.25) is 0 Å². The predicted octanol–water partition coefficient (Wildman–Crippen LogP) is 2.49. The van der Waals surface area contributed by atoms with Gasteiger partial charge in [-0.05, 0) is 28.1 Å². The van der Waals surface area contributed by atoms with Gasteiger partial charge in [0.15, 0.2) is 0 Å². The summed E-state index contributed by atoms with van der Waals surface area (Å²) in [5.41, 5.74) is 5.84. The fraction of sp³-hybridized carbons (Fsp3) is 0. The van der Waals surface area contributed by atoms with Gasteiger partial charge >= 0.3 is 5.97 Å². The molecular formula is C7H5Br2NO2. The zero-order valence-electron chi connectivity index (χ0n) is 5.84. The smallest absolute Gasteiger partial charge is 0.337 e. The van der Waals surface area contributed by atoms with E-state index in [4.69, 9.17) is 10.8 Å². The molecule has 3 N–H and O–H groups in total. The molecule has 0 aliphatic heterocycles. The Morgan fingerprint density at radius 3 is 2.50 bits per heavy atom. The van der Waals surface area contributed by atoms with Crippen LogP contribution in [0, 0.1) is 0 Å². The molecule has 3 nitrogen and oxygen atoms in total. The van der Waals surface area contributed by atoms with Gasteiger partial charge in [-0.2, -0.15) is 0 Å². The molecule has 0 aliphatic carbocycles. The molecular weight excluding hydrogens is 297 g/mol. The first-order valence-electron chi connectivity index (χ1n) is 3.00. The van der Waals surface area contributed by atoms with Crippen LogP contribution in [0.4, 0.5) is 5.69 Å². The van der Waals surface area contributed by atoms with Crippen LogP contribution in [0.3, 0.4) is 0 Å². The van der Waals surface area contributed by atoms with Gasteiger partial charge in [-0.25, -0.2) is 4.79 Å². The van der Waals surface area contributed by atoms with Gasteiger partial charge in [-0.1, -0.05) is 15.9 Å². The molecule has 1 aromatic carbocycles. The van der Waals surface area contributed by atoms with Crippen molar-refractivity contribution >= 4 is 43.5 Å². The second kappa shape index (κ2) is 3.45. The minimum Gasteiger partial charge on any atom is -0.478 e. The van der Waals surface area contributed by atoms with E-state index < -0.39 is 5.97 Å². The summed E-state index contributed by atoms with van der Waals surface area (Å²) >= 11 is 6.31. The van der Waals surface area contributed by atoms with E-state index in [1.54, 1.807) is 6.07 Å². The lowest BCUT2D eigenvalue weighted by Crippen LogP contribution is -2.02. The van der Waals surface area contributed by atoms with Crippen LogP contribution < -0.4 is 5.73 Å². The number of nitrogens with two attached hydrogens (primary N) is 1. The van der Waals surface area contributed by atoms with Gasteiger partial charge in [0.1, 0.15) is 0 Å². The second-order valence-corrected chi connectivity index (χ2v) is 3.92. The topological polar surface area (TPSA) is 63.3 Å².